The van der Waals surface area contributed by atoms with Crippen LogP contribution in [0.25, 0.3) is 0 Å². The van der Waals surface area contributed by atoms with Crippen molar-refractivity contribution in [2.75, 3.05) is 0 Å². The molecule has 0 fully saturated rings. The summed E-state index contributed by atoms with van der Waals surface area (Å²) in [4.78, 5) is 10.8. The quantitative estimate of drug-likeness (QED) is 0.635. The van der Waals surface area contributed by atoms with Crippen molar-refractivity contribution >= 4 is 0 Å². The fourth-order valence-corrected chi connectivity index (χ4v) is 0.784. The van der Waals surface area contributed by atoms with E-state index in [2.05, 4.69) is 0 Å². The molecule has 2 nitrogen and oxygen atoms in total. The Hall–Kier alpha value is -1.26. The summed E-state index contributed by atoms with van der Waals surface area (Å²) in [5, 5.41) is 0. The minimum Gasteiger partial charge on any atom is -0.306 e. The maximum atomic E-state index is 11.8. The lowest BCUT2D eigenvalue weighted by molar-refractivity contribution is -0.141. The summed E-state index contributed by atoms with van der Waals surface area (Å²) in [5.74, 6) is 0. The van der Waals surface area contributed by atoms with Crippen LogP contribution in [0.3, 0.4) is 0 Å². The highest BCUT2D eigenvalue weighted by atomic mass is 19.4. The van der Waals surface area contributed by atoms with Crippen molar-refractivity contribution in [1.29, 1.82) is 0 Å². The molecule has 0 aliphatic heterocycles. The Morgan fingerprint density at radius 3 is 2.50 bits per heavy atom. The van der Waals surface area contributed by atoms with E-state index in [1.165, 1.54) is 12.1 Å². The lowest BCUT2D eigenvalue weighted by Crippen LogP contribution is -2.26. The molecule has 66 valence electrons. The first-order chi connectivity index (χ1) is 5.49. The largest absolute Gasteiger partial charge is 0.406 e. The molecule has 0 saturated heterocycles. The fourth-order valence-electron chi connectivity index (χ4n) is 0.784. The van der Waals surface area contributed by atoms with Gasteiger partial charge in [0.15, 0.2) is 0 Å². The van der Waals surface area contributed by atoms with Crippen molar-refractivity contribution in [3.8, 4) is 0 Å². The van der Waals surface area contributed by atoms with Gasteiger partial charge in [-0.15, -0.1) is 0 Å². The molecule has 1 heterocycles. The van der Waals surface area contributed by atoms with E-state index in [1.54, 1.807) is 0 Å². The van der Waals surface area contributed by atoms with Gasteiger partial charge in [0.05, 0.1) is 0 Å². The van der Waals surface area contributed by atoms with Crippen LogP contribution in [0.15, 0.2) is 29.2 Å². The number of halogens is 3. The Kier molecular flexibility index (Phi) is 2.21. The monoisotopic (exact) mass is 177 g/mol. The smallest absolute Gasteiger partial charge is 0.306 e. The van der Waals surface area contributed by atoms with E-state index in [-0.39, 0.29) is 0 Å². The first-order valence-electron chi connectivity index (χ1n) is 3.21. The summed E-state index contributed by atoms with van der Waals surface area (Å²) in [6, 6.07) is 3.87. The van der Waals surface area contributed by atoms with Crippen molar-refractivity contribution in [1.82, 2.24) is 4.57 Å². The summed E-state index contributed by atoms with van der Waals surface area (Å²) in [6.45, 7) is -1.23. The van der Waals surface area contributed by atoms with Crippen LogP contribution in [-0.4, -0.2) is 10.7 Å². The molecule has 0 radical (unpaired) electrons. The van der Waals surface area contributed by atoms with Gasteiger partial charge in [-0.25, -0.2) is 0 Å². The summed E-state index contributed by atoms with van der Waals surface area (Å²) in [5.41, 5.74) is -0.644. The molecule has 0 aromatic carbocycles. The van der Waals surface area contributed by atoms with Gasteiger partial charge in [-0.2, -0.15) is 13.2 Å². The number of alkyl halides is 3. The van der Waals surface area contributed by atoms with Crippen molar-refractivity contribution < 1.29 is 13.2 Å². The second-order valence-electron chi connectivity index (χ2n) is 2.28. The van der Waals surface area contributed by atoms with Crippen molar-refractivity contribution in [2.24, 2.45) is 0 Å². The predicted molar refractivity (Wildman–Crippen MR) is 36.8 cm³/mol. The van der Waals surface area contributed by atoms with Crippen LogP contribution in [0.2, 0.25) is 0 Å². The summed E-state index contributed by atoms with van der Waals surface area (Å²) >= 11 is 0. The van der Waals surface area contributed by atoms with Crippen LogP contribution in [0.4, 0.5) is 13.2 Å². The standard InChI is InChI=1S/C7H6F3NO/c8-7(9,10)5-11-4-2-1-3-6(11)12/h1-4H,5H2. The first kappa shape index (κ1) is 8.83. The molecular formula is C7H6F3NO. The molecule has 0 aliphatic rings. The van der Waals surface area contributed by atoms with E-state index in [1.807, 2.05) is 0 Å². The summed E-state index contributed by atoms with van der Waals surface area (Å²) < 4.78 is 35.9. The van der Waals surface area contributed by atoms with E-state index in [0.717, 1.165) is 12.3 Å². The predicted octanol–water partition coefficient (Wildman–Crippen LogP) is 1.41. The molecule has 0 amide bonds. The average Bonchev–Trinajstić information content (AvgIpc) is 1.91. The van der Waals surface area contributed by atoms with Crippen LogP contribution >= 0.6 is 0 Å². The molecule has 1 rings (SSSR count). The van der Waals surface area contributed by atoms with E-state index in [0.29, 0.717) is 4.57 Å². The van der Waals surface area contributed by atoms with Crippen molar-refractivity contribution in [2.45, 2.75) is 12.7 Å². The fraction of sp³-hybridized carbons (Fsp3) is 0.286. The minimum atomic E-state index is -4.34. The molecule has 0 bridgehead atoms. The number of nitrogens with zero attached hydrogens (tertiary/aromatic N) is 1. The topological polar surface area (TPSA) is 22.0 Å². The number of aromatic nitrogens is 1. The molecule has 0 atom stereocenters. The Morgan fingerprint density at radius 2 is 2.00 bits per heavy atom. The number of hydrogen-bond acceptors (Lipinski definition) is 1. The zero-order valence-electron chi connectivity index (χ0n) is 6.01. The molecule has 1 aromatic heterocycles. The summed E-state index contributed by atoms with van der Waals surface area (Å²) in [7, 11) is 0. The molecule has 1 aromatic rings. The molecule has 12 heavy (non-hydrogen) atoms. The highest BCUT2D eigenvalue weighted by Crippen LogP contribution is 2.15. The third kappa shape index (κ3) is 2.41. The Labute approximate surface area is 66.2 Å². The van der Waals surface area contributed by atoms with E-state index < -0.39 is 18.3 Å². The van der Waals surface area contributed by atoms with Crippen molar-refractivity contribution in [3.05, 3.63) is 34.7 Å². The highest BCUT2D eigenvalue weighted by molar-refractivity contribution is 4.93. The van der Waals surface area contributed by atoms with Gasteiger partial charge in [-0.05, 0) is 6.07 Å². The highest BCUT2D eigenvalue weighted by Gasteiger charge is 2.27. The SMILES string of the molecule is O=c1ccccn1CC(F)(F)F. The third-order valence-corrected chi connectivity index (χ3v) is 1.25. The molecule has 0 spiro atoms. The Balaban J connectivity index is 2.91. The van der Waals surface area contributed by atoms with Gasteiger partial charge in [0.2, 0.25) is 0 Å². The molecule has 0 N–H and O–H groups in total. The van der Waals surface area contributed by atoms with Crippen LogP contribution in [-0.2, 0) is 6.54 Å². The van der Waals surface area contributed by atoms with E-state index in [9.17, 15) is 18.0 Å². The molecule has 0 unspecified atom stereocenters. The zero-order chi connectivity index (χ0) is 9.19. The van der Waals surface area contributed by atoms with Crippen molar-refractivity contribution in [3.63, 3.8) is 0 Å². The number of rotatable bonds is 1. The van der Waals surface area contributed by atoms with Gasteiger partial charge in [-0.1, -0.05) is 6.07 Å². The van der Waals surface area contributed by atoms with E-state index in [4.69, 9.17) is 0 Å². The summed E-state index contributed by atoms with van der Waals surface area (Å²) in [6.07, 6.45) is -3.24. The number of pyridine rings is 1. The normalized spacial score (nSPS) is 11.6. The molecular weight excluding hydrogens is 171 g/mol. The lowest BCUT2D eigenvalue weighted by Gasteiger charge is -2.07. The average molecular weight is 177 g/mol. The maximum absolute atomic E-state index is 11.8. The molecule has 0 saturated carbocycles. The van der Waals surface area contributed by atoms with Gasteiger partial charge in [0.25, 0.3) is 5.56 Å². The Bertz CT molecular complexity index is 315. The van der Waals surface area contributed by atoms with Gasteiger partial charge < -0.3 is 4.57 Å². The number of hydrogen-bond donors (Lipinski definition) is 0. The lowest BCUT2D eigenvalue weighted by atomic mass is 10.4. The minimum absolute atomic E-state index is 0.611. The second kappa shape index (κ2) is 3.00. The van der Waals surface area contributed by atoms with Gasteiger partial charge >= 0.3 is 6.18 Å². The van der Waals surface area contributed by atoms with Crippen LogP contribution in [0.1, 0.15) is 0 Å². The van der Waals surface area contributed by atoms with Gasteiger partial charge in [0, 0.05) is 12.3 Å². The van der Waals surface area contributed by atoms with Crippen LogP contribution in [0.5, 0.6) is 0 Å². The molecule has 5 heteroatoms. The second-order valence-corrected chi connectivity index (χ2v) is 2.28. The molecule has 0 aliphatic carbocycles. The zero-order valence-corrected chi connectivity index (χ0v) is 6.01. The maximum Gasteiger partial charge on any atom is 0.406 e. The van der Waals surface area contributed by atoms with Gasteiger partial charge in [0.1, 0.15) is 6.54 Å². The van der Waals surface area contributed by atoms with Crippen LogP contribution in [0, 0.1) is 0 Å². The first-order valence-corrected chi connectivity index (χ1v) is 3.21. The van der Waals surface area contributed by atoms with E-state index >= 15 is 0 Å². The third-order valence-electron chi connectivity index (χ3n) is 1.25. The Morgan fingerprint density at radius 1 is 1.33 bits per heavy atom. The van der Waals surface area contributed by atoms with Gasteiger partial charge in [-0.3, -0.25) is 4.79 Å². The van der Waals surface area contributed by atoms with Crippen LogP contribution < -0.4 is 5.56 Å².